The molecule has 0 aliphatic rings. The number of thioether (sulfide) groups is 1. The molecule has 7 heteroatoms. The smallest absolute Gasteiger partial charge is 0.322 e. The molecule has 6 nitrogen and oxygen atoms in total. The Bertz CT molecular complexity index is 918. The quantitative estimate of drug-likeness (QED) is 0.119. The molecule has 0 saturated carbocycles. The zero-order chi connectivity index (χ0) is 26.2. The summed E-state index contributed by atoms with van der Waals surface area (Å²) >= 11 is 1.51. The van der Waals surface area contributed by atoms with Crippen LogP contribution in [0.5, 0.6) is 0 Å². The van der Waals surface area contributed by atoms with Crippen molar-refractivity contribution in [1.82, 2.24) is 0 Å². The van der Waals surface area contributed by atoms with Gasteiger partial charge in [-0.25, -0.2) is 0 Å². The molecule has 2 unspecified atom stereocenters. The highest BCUT2D eigenvalue weighted by Crippen LogP contribution is 2.40. The Labute approximate surface area is 219 Å². The maximum atomic E-state index is 11.0. The van der Waals surface area contributed by atoms with Gasteiger partial charge in [0.1, 0.15) is 6.54 Å². The van der Waals surface area contributed by atoms with E-state index in [2.05, 4.69) is 36.5 Å². The minimum absolute atomic E-state index is 0.0282. The third-order valence-electron chi connectivity index (χ3n) is 6.16. The number of anilines is 1. The van der Waals surface area contributed by atoms with Crippen molar-refractivity contribution < 1.29 is 24.9 Å². The van der Waals surface area contributed by atoms with Gasteiger partial charge in [-0.15, -0.1) is 11.8 Å². The SMILES string of the molecule is CCCCCCCCCc1ccc(C(Sc2cccc(NCC(=O)O)c2)C(O)CCCC(=O)O)cc1. The average Bonchev–Trinajstić information content (AvgIpc) is 2.86. The number of hydrogen-bond donors (Lipinski definition) is 4. The van der Waals surface area contributed by atoms with Crippen LogP contribution in [0.1, 0.15) is 87.5 Å². The second kappa shape index (κ2) is 17.0. The average molecular weight is 516 g/mol. The molecular weight excluding hydrogens is 474 g/mol. The van der Waals surface area contributed by atoms with E-state index in [1.165, 1.54) is 62.3 Å². The summed E-state index contributed by atoms with van der Waals surface area (Å²) in [7, 11) is 0. The summed E-state index contributed by atoms with van der Waals surface area (Å²) in [6.07, 6.45) is 10.1. The molecule has 0 heterocycles. The molecule has 0 spiro atoms. The lowest BCUT2D eigenvalue weighted by Crippen LogP contribution is -2.17. The standard InChI is InChI=1S/C29H41NO5S/c1-2-3-4-5-6-7-8-11-22-16-18-23(19-17-22)29(26(31)14-10-15-27(32)33)36-25-13-9-12-24(20-25)30-21-28(34)35/h9,12-13,16-20,26,29-31H,2-8,10-11,14-15,21H2,1H3,(H,32,33)(H,34,35). The first-order valence-corrected chi connectivity index (χ1v) is 14.0. The third kappa shape index (κ3) is 12.0. The highest BCUT2D eigenvalue weighted by Gasteiger charge is 2.23. The monoisotopic (exact) mass is 515 g/mol. The van der Waals surface area contributed by atoms with Gasteiger partial charge in [0.25, 0.3) is 0 Å². The zero-order valence-corrected chi connectivity index (χ0v) is 22.1. The van der Waals surface area contributed by atoms with Gasteiger partial charge in [0.2, 0.25) is 0 Å². The first kappa shape index (κ1) is 29.7. The molecule has 0 amide bonds. The summed E-state index contributed by atoms with van der Waals surface area (Å²) in [5.41, 5.74) is 2.98. The van der Waals surface area contributed by atoms with Gasteiger partial charge in [0.15, 0.2) is 0 Å². The fourth-order valence-corrected chi connectivity index (χ4v) is 5.38. The van der Waals surface area contributed by atoms with E-state index in [1.54, 1.807) is 0 Å². The maximum Gasteiger partial charge on any atom is 0.322 e. The summed E-state index contributed by atoms with van der Waals surface area (Å²) in [4.78, 5) is 22.7. The topological polar surface area (TPSA) is 107 Å². The molecule has 2 atom stereocenters. The largest absolute Gasteiger partial charge is 0.481 e. The van der Waals surface area contributed by atoms with Crippen LogP contribution in [0.3, 0.4) is 0 Å². The summed E-state index contributed by atoms with van der Waals surface area (Å²) in [5, 5.41) is 31.5. The third-order valence-corrected chi connectivity index (χ3v) is 7.52. The molecule has 36 heavy (non-hydrogen) atoms. The number of aryl methyl sites for hydroxylation is 1. The molecule has 0 aliphatic heterocycles. The Morgan fingerprint density at radius 2 is 1.58 bits per heavy atom. The van der Waals surface area contributed by atoms with Gasteiger partial charge in [-0.3, -0.25) is 9.59 Å². The van der Waals surface area contributed by atoms with Crippen molar-refractivity contribution in [2.75, 3.05) is 11.9 Å². The number of nitrogens with one attached hydrogen (secondary N) is 1. The molecule has 4 N–H and O–H groups in total. The molecule has 0 radical (unpaired) electrons. The summed E-state index contributed by atoms with van der Waals surface area (Å²) < 4.78 is 0. The molecule has 2 rings (SSSR count). The minimum atomic E-state index is -0.934. The predicted molar refractivity (Wildman–Crippen MR) is 147 cm³/mol. The fourth-order valence-electron chi connectivity index (χ4n) is 4.15. The van der Waals surface area contributed by atoms with E-state index in [9.17, 15) is 14.7 Å². The van der Waals surface area contributed by atoms with Crippen LogP contribution in [0, 0.1) is 0 Å². The van der Waals surface area contributed by atoms with E-state index in [4.69, 9.17) is 10.2 Å². The number of rotatable bonds is 19. The van der Waals surface area contributed by atoms with Gasteiger partial charge < -0.3 is 20.6 Å². The molecule has 2 aromatic carbocycles. The molecule has 0 bridgehead atoms. The van der Waals surface area contributed by atoms with E-state index in [0.717, 1.165) is 16.9 Å². The summed E-state index contributed by atoms with van der Waals surface area (Å²) in [6, 6.07) is 15.9. The van der Waals surface area contributed by atoms with Crippen LogP contribution in [-0.2, 0) is 16.0 Å². The van der Waals surface area contributed by atoms with Crippen molar-refractivity contribution in [3.8, 4) is 0 Å². The molecule has 0 saturated heterocycles. The van der Waals surface area contributed by atoms with E-state index in [1.807, 2.05) is 24.3 Å². The zero-order valence-electron chi connectivity index (χ0n) is 21.3. The van der Waals surface area contributed by atoms with Crippen LogP contribution in [0.4, 0.5) is 5.69 Å². The Morgan fingerprint density at radius 1 is 0.889 bits per heavy atom. The number of aliphatic hydroxyl groups is 1. The summed E-state index contributed by atoms with van der Waals surface area (Å²) in [6.45, 7) is 2.06. The molecule has 2 aromatic rings. The highest BCUT2D eigenvalue weighted by molar-refractivity contribution is 7.99. The molecule has 0 aliphatic carbocycles. The lowest BCUT2D eigenvalue weighted by atomic mass is 9.99. The Hall–Kier alpha value is -2.51. The van der Waals surface area contributed by atoms with Gasteiger partial charge in [-0.05, 0) is 55.0 Å². The minimum Gasteiger partial charge on any atom is -0.481 e. The van der Waals surface area contributed by atoms with Crippen LogP contribution in [0.25, 0.3) is 0 Å². The number of aliphatic carboxylic acids is 2. The highest BCUT2D eigenvalue weighted by atomic mass is 32.2. The Balaban J connectivity index is 2.04. The number of carboxylic acids is 2. The Morgan fingerprint density at radius 3 is 2.25 bits per heavy atom. The molecule has 0 aromatic heterocycles. The van der Waals surface area contributed by atoms with Crippen LogP contribution in [0.15, 0.2) is 53.4 Å². The second-order valence-electron chi connectivity index (χ2n) is 9.28. The van der Waals surface area contributed by atoms with E-state index in [0.29, 0.717) is 18.5 Å². The number of carbonyl (C=O) groups is 2. The maximum absolute atomic E-state index is 11.0. The second-order valence-corrected chi connectivity index (χ2v) is 10.5. The van der Waals surface area contributed by atoms with Crippen molar-refractivity contribution in [2.24, 2.45) is 0 Å². The number of unbranched alkanes of at least 4 members (excludes halogenated alkanes) is 6. The van der Waals surface area contributed by atoms with Crippen molar-refractivity contribution in [1.29, 1.82) is 0 Å². The van der Waals surface area contributed by atoms with Gasteiger partial charge in [0.05, 0.1) is 11.4 Å². The van der Waals surface area contributed by atoms with Crippen molar-refractivity contribution in [3.63, 3.8) is 0 Å². The molecule has 198 valence electrons. The number of hydrogen-bond acceptors (Lipinski definition) is 5. The fraction of sp³-hybridized carbons (Fsp3) is 0.517. The molecular formula is C29H41NO5S. The lowest BCUT2D eigenvalue weighted by molar-refractivity contribution is -0.137. The van der Waals surface area contributed by atoms with E-state index < -0.39 is 18.0 Å². The van der Waals surface area contributed by atoms with Crippen LogP contribution >= 0.6 is 11.8 Å². The van der Waals surface area contributed by atoms with E-state index >= 15 is 0 Å². The van der Waals surface area contributed by atoms with Crippen LogP contribution in [-0.4, -0.2) is 39.9 Å². The normalized spacial score (nSPS) is 12.7. The number of carboxylic acid groups (broad SMARTS) is 2. The van der Waals surface area contributed by atoms with E-state index in [-0.39, 0.29) is 18.2 Å². The summed E-state index contributed by atoms with van der Waals surface area (Å²) in [5.74, 6) is -1.80. The van der Waals surface area contributed by atoms with Crippen LogP contribution < -0.4 is 5.32 Å². The van der Waals surface area contributed by atoms with Crippen molar-refractivity contribution >= 4 is 29.4 Å². The van der Waals surface area contributed by atoms with Gasteiger partial charge in [-0.1, -0.05) is 75.8 Å². The van der Waals surface area contributed by atoms with Gasteiger partial charge in [-0.2, -0.15) is 0 Å². The van der Waals surface area contributed by atoms with Crippen molar-refractivity contribution in [3.05, 3.63) is 59.7 Å². The van der Waals surface area contributed by atoms with Gasteiger partial charge >= 0.3 is 11.9 Å². The predicted octanol–water partition coefficient (Wildman–Crippen LogP) is 6.93. The number of benzene rings is 2. The van der Waals surface area contributed by atoms with Crippen LogP contribution in [0.2, 0.25) is 0 Å². The van der Waals surface area contributed by atoms with Crippen molar-refractivity contribution in [2.45, 2.75) is 93.8 Å². The first-order chi connectivity index (χ1) is 17.4. The Kier molecular flexibility index (Phi) is 14.1. The molecule has 0 fully saturated rings. The first-order valence-electron chi connectivity index (χ1n) is 13.1. The number of aliphatic hydroxyl groups excluding tert-OH is 1. The van der Waals surface area contributed by atoms with Gasteiger partial charge in [0, 0.05) is 17.0 Å². The lowest BCUT2D eigenvalue weighted by Gasteiger charge is -2.23.